The van der Waals surface area contributed by atoms with Crippen molar-refractivity contribution >= 4 is 16.8 Å². The van der Waals surface area contributed by atoms with Gasteiger partial charge in [0.05, 0.1) is 5.52 Å². The lowest BCUT2D eigenvalue weighted by Crippen LogP contribution is -2.30. The maximum Gasteiger partial charge on any atom is 0.272 e. The number of nitrogens with two attached hydrogens (primary N) is 1. The molecule has 5 heteroatoms. The Kier molecular flexibility index (Phi) is 4.74. The van der Waals surface area contributed by atoms with Gasteiger partial charge in [0, 0.05) is 19.0 Å². The molecule has 0 saturated heterocycles. The Labute approximate surface area is 119 Å². The summed E-state index contributed by atoms with van der Waals surface area (Å²) in [6, 6.07) is 7.75. The second-order valence-electron chi connectivity index (χ2n) is 5.05. The minimum absolute atomic E-state index is 0.114. The molecule has 5 nitrogen and oxygen atoms in total. The molecule has 0 aliphatic rings. The van der Waals surface area contributed by atoms with Crippen molar-refractivity contribution in [3.8, 4) is 0 Å². The number of nitrogens with one attached hydrogen (secondary N) is 1. The fourth-order valence-corrected chi connectivity index (χ4v) is 2.39. The van der Waals surface area contributed by atoms with Gasteiger partial charge in [-0.15, -0.1) is 0 Å². The van der Waals surface area contributed by atoms with Crippen molar-refractivity contribution < 1.29 is 4.79 Å². The van der Waals surface area contributed by atoms with Gasteiger partial charge in [0.1, 0.15) is 0 Å². The molecule has 0 saturated carbocycles. The van der Waals surface area contributed by atoms with Crippen molar-refractivity contribution in [2.45, 2.75) is 19.8 Å². The zero-order chi connectivity index (χ0) is 14.5. The first kappa shape index (κ1) is 14.5. The van der Waals surface area contributed by atoms with Crippen LogP contribution in [-0.4, -0.2) is 28.8 Å². The number of carbonyl (C=O) groups excluding carboxylic acids is 1. The molecule has 3 N–H and O–H groups in total. The SMILES string of the molecule is CCC(CCN)CNC(=O)c1nn(C)c2ccccc12. The minimum atomic E-state index is -0.114. The summed E-state index contributed by atoms with van der Waals surface area (Å²) in [4.78, 5) is 12.3. The number of carbonyl (C=O) groups is 1. The van der Waals surface area contributed by atoms with Crippen LogP contribution in [0.25, 0.3) is 10.9 Å². The van der Waals surface area contributed by atoms with E-state index in [1.165, 1.54) is 0 Å². The van der Waals surface area contributed by atoms with Gasteiger partial charge in [0.25, 0.3) is 5.91 Å². The van der Waals surface area contributed by atoms with Crippen LogP contribution < -0.4 is 11.1 Å². The number of hydrogen-bond donors (Lipinski definition) is 2. The van der Waals surface area contributed by atoms with Crippen molar-refractivity contribution in [3.05, 3.63) is 30.0 Å². The number of benzene rings is 1. The van der Waals surface area contributed by atoms with Gasteiger partial charge in [-0.05, 0) is 24.9 Å². The monoisotopic (exact) mass is 274 g/mol. The molecule has 2 aromatic rings. The summed E-state index contributed by atoms with van der Waals surface area (Å²) >= 11 is 0. The van der Waals surface area contributed by atoms with E-state index in [1.54, 1.807) is 4.68 Å². The number of amides is 1. The number of rotatable bonds is 6. The van der Waals surface area contributed by atoms with Crippen LogP contribution in [0.15, 0.2) is 24.3 Å². The Balaban J connectivity index is 2.12. The van der Waals surface area contributed by atoms with E-state index in [1.807, 2.05) is 31.3 Å². The summed E-state index contributed by atoms with van der Waals surface area (Å²) in [7, 11) is 1.85. The van der Waals surface area contributed by atoms with Crippen molar-refractivity contribution in [3.63, 3.8) is 0 Å². The summed E-state index contributed by atoms with van der Waals surface area (Å²) in [6.45, 7) is 3.42. The van der Waals surface area contributed by atoms with E-state index in [0.29, 0.717) is 24.7 Å². The zero-order valence-corrected chi connectivity index (χ0v) is 12.1. The van der Waals surface area contributed by atoms with Crippen LogP contribution in [0.5, 0.6) is 0 Å². The number of aromatic nitrogens is 2. The molecule has 20 heavy (non-hydrogen) atoms. The van der Waals surface area contributed by atoms with Crippen LogP contribution >= 0.6 is 0 Å². The Morgan fingerprint density at radius 1 is 1.45 bits per heavy atom. The third kappa shape index (κ3) is 2.99. The van der Waals surface area contributed by atoms with Gasteiger partial charge in [0.15, 0.2) is 5.69 Å². The van der Waals surface area contributed by atoms with Crippen molar-refractivity contribution in [2.75, 3.05) is 13.1 Å². The average molecular weight is 274 g/mol. The van der Waals surface area contributed by atoms with E-state index >= 15 is 0 Å². The summed E-state index contributed by atoms with van der Waals surface area (Å²) in [5.74, 6) is 0.316. The quantitative estimate of drug-likeness (QED) is 0.841. The molecule has 0 fully saturated rings. The maximum atomic E-state index is 12.3. The predicted octanol–water partition coefficient (Wildman–Crippen LogP) is 1.68. The van der Waals surface area contributed by atoms with Gasteiger partial charge in [0.2, 0.25) is 0 Å². The Hall–Kier alpha value is -1.88. The number of para-hydroxylation sites is 1. The summed E-state index contributed by atoms with van der Waals surface area (Å²) in [5, 5.41) is 8.18. The summed E-state index contributed by atoms with van der Waals surface area (Å²) in [6.07, 6.45) is 1.94. The molecule has 0 radical (unpaired) electrons. The van der Waals surface area contributed by atoms with Crippen LogP contribution in [-0.2, 0) is 7.05 Å². The molecule has 1 aromatic heterocycles. The maximum absolute atomic E-state index is 12.3. The first-order chi connectivity index (χ1) is 9.67. The first-order valence-corrected chi connectivity index (χ1v) is 7.07. The minimum Gasteiger partial charge on any atom is -0.350 e. The molecule has 0 bridgehead atoms. The molecule has 1 aromatic carbocycles. The van der Waals surface area contributed by atoms with E-state index in [-0.39, 0.29) is 5.91 Å². The highest BCUT2D eigenvalue weighted by atomic mass is 16.1. The standard InChI is InChI=1S/C15H22N4O/c1-3-11(8-9-16)10-17-15(20)14-12-6-4-5-7-13(12)19(2)18-14/h4-7,11H,3,8-10,16H2,1-2H3,(H,17,20). The van der Waals surface area contributed by atoms with Gasteiger partial charge in [-0.3, -0.25) is 9.48 Å². The molecule has 0 aliphatic heterocycles. The third-order valence-corrected chi connectivity index (χ3v) is 3.68. The molecule has 1 unspecified atom stereocenters. The second-order valence-corrected chi connectivity index (χ2v) is 5.05. The third-order valence-electron chi connectivity index (χ3n) is 3.68. The molecule has 108 valence electrons. The molecule has 0 spiro atoms. The first-order valence-electron chi connectivity index (χ1n) is 7.07. The lowest BCUT2D eigenvalue weighted by Gasteiger charge is -2.13. The van der Waals surface area contributed by atoms with Crippen LogP contribution in [0.4, 0.5) is 0 Å². The van der Waals surface area contributed by atoms with Crippen molar-refractivity contribution in [2.24, 2.45) is 18.7 Å². The topological polar surface area (TPSA) is 72.9 Å². The van der Waals surface area contributed by atoms with Crippen molar-refractivity contribution in [1.82, 2.24) is 15.1 Å². The van der Waals surface area contributed by atoms with E-state index < -0.39 is 0 Å². The molecular formula is C15H22N4O. The van der Waals surface area contributed by atoms with Gasteiger partial charge in [-0.2, -0.15) is 5.10 Å². The summed E-state index contributed by atoms with van der Waals surface area (Å²) in [5.41, 5.74) is 7.03. The van der Waals surface area contributed by atoms with E-state index in [2.05, 4.69) is 17.3 Å². The second kappa shape index (κ2) is 6.52. The average Bonchev–Trinajstić information content (AvgIpc) is 2.81. The Bertz CT molecular complexity index is 591. The fourth-order valence-electron chi connectivity index (χ4n) is 2.39. The highest BCUT2D eigenvalue weighted by Crippen LogP contribution is 2.17. The molecule has 0 aliphatic carbocycles. The fraction of sp³-hybridized carbons (Fsp3) is 0.467. The molecule has 1 amide bonds. The number of aryl methyl sites for hydroxylation is 1. The van der Waals surface area contributed by atoms with Gasteiger partial charge in [-0.1, -0.05) is 31.5 Å². The van der Waals surface area contributed by atoms with Gasteiger partial charge < -0.3 is 11.1 Å². The van der Waals surface area contributed by atoms with E-state index in [9.17, 15) is 4.79 Å². The number of fused-ring (bicyclic) bond motifs is 1. The summed E-state index contributed by atoms with van der Waals surface area (Å²) < 4.78 is 1.74. The predicted molar refractivity (Wildman–Crippen MR) is 80.5 cm³/mol. The normalized spacial score (nSPS) is 12.6. The molecule has 1 heterocycles. The Morgan fingerprint density at radius 2 is 2.20 bits per heavy atom. The van der Waals surface area contributed by atoms with Crippen LogP contribution in [0.1, 0.15) is 30.3 Å². The zero-order valence-electron chi connectivity index (χ0n) is 12.1. The molecule has 2 rings (SSSR count). The van der Waals surface area contributed by atoms with Gasteiger partial charge >= 0.3 is 0 Å². The van der Waals surface area contributed by atoms with Crippen LogP contribution in [0.2, 0.25) is 0 Å². The van der Waals surface area contributed by atoms with Gasteiger partial charge in [-0.25, -0.2) is 0 Å². The molecular weight excluding hydrogens is 252 g/mol. The lowest BCUT2D eigenvalue weighted by atomic mass is 10.0. The highest BCUT2D eigenvalue weighted by Gasteiger charge is 2.16. The van der Waals surface area contributed by atoms with Crippen molar-refractivity contribution in [1.29, 1.82) is 0 Å². The Morgan fingerprint density at radius 3 is 2.90 bits per heavy atom. The van der Waals surface area contributed by atoms with E-state index in [4.69, 9.17) is 5.73 Å². The smallest absolute Gasteiger partial charge is 0.272 e. The number of hydrogen-bond acceptors (Lipinski definition) is 3. The number of nitrogens with zero attached hydrogens (tertiary/aromatic N) is 2. The van der Waals surface area contributed by atoms with E-state index in [0.717, 1.165) is 23.7 Å². The van der Waals surface area contributed by atoms with Crippen LogP contribution in [0, 0.1) is 5.92 Å². The highest BCUT2D eigenvalue weighted by molar-refractivity contribution is 6.04. The lowest BCUT2D eigenvalue weighted by molar-refractivity contribution is 0.0942. The molecule has 1 atom stereocenters. The van der Waals surface area contributed by atoms with Crippen LogP contribution in [0.3, 0.4) is 0 Å². The largest absolute Gasteiger partial charge is 0.350 e.